The molecule has 0 heterocycles. The summed E-state index contributed by atoms with van der Waals surface area (Å²) >= 11 is 0. The van der Waals surface area contributed by atoms with Crippen molar-refractivity contribution in [1.29, 1.82) is 0 Å². The van der Waals surface area contributed by atoms with Crippen LogP contribution < -0.4 is 9.62 Å². The third kappa shape index (κ3) is 9.05. The Bertz CT molecular complexity index is 1830. The number of carbonyl (C=O) groups excluding carboxylic acids is 2. The number of benzene rings is 4. The smallest absolute Gasteiger partial charge is 0.352 e. The number of halogens is 4. The summed E-state index contributed by atoms with van der Waals surface area (Å²) in [5, 5.41) is 3.06. The van der Waals surface area contributed by atoms with Gasteiger partial charge in [-0.2, -0.15) is 13.2 Å². The van der Waals surface area contributed by atoms with E-state index in [9.17, 15) is 31.2 Å². The highest BCUT2D eigenvalue weighted by Gasteiger charge is 2.37. The molecule has 0 bridgehead atoms. The lowest BCUT2D eigenvalue weighted by molar-refractivity contribution is -0.140. The molecule has 1 aliphatic carbocycles. The van der Waals surface area contributed by atoms with Crippen LogP contribution in [0.1, 0.15) is 48.8 Å². The van der Waals surface area contributed by atoms with Crippen molar-refractivity contribution < 1.29 is 35.6 Å². The lowest BCUT2D eigenvalue weighted by Gasteiger charge is -2.35. The van der Waals surface area contributed by atoms with Gasteiger partial charge in [0.1, 0.15) is 18.4 Å². The first-order chi connectivity index (χ1) is 23.4. The van der Waals surface area contributed by atoms with Crippen LogP contribution in [0.5, 0.6) is 0 Å². The molecule has 258 valence electrons. The lowest BCUT2D eigenvalue weighted by atomic mass is 9.94. The number of nitrogens with one attached hydrogen (secondary N) is 1. The topological polar surface area (TPSA) is 86.8 Å². The largest absolute Gasteiger partial charge is 0.416 e. The zero-order valence-electron chi connectivity index (χ0n) is 26.7. The maximum Gasteiger partial charge on any atom is 0.416 e. The first-order valence-corrected chi connectivity index (χ1v) is 17.5. The van der Waals surface area contributed by atoms with Gasteiger partial charge in [0.15, 0.2) is 0 Å². The second kappa shape index (κ2) is 15.7. The molecule has 1 aliphatic rings. The Labute approximate surface area is 283 Å². The Kier molecular flexibility index (Phi) is 11.4. The number of amides is 2. The van der Waals surface area contributed by atoms with Gasteiger partial charge in [-0.15, -0.1) is 0 Å². The van der Waals surface area contributed by atoms with Crippen LogP contribution in [0, 0.1) is 5.82 Å². The molecular formula is C37H37F4N3O4S. The van der Waals surface area contributed by atoms with Crippen molar-refractivity contribution in [3.8, 4) is 0 Å². The lowest BCUT2D eigenvalue weighted by Crippen LogP contribution is -2.55. The standard InChI is InChI=1S/C37H37F4N3O4S/c38-33-22-11-10-15-28(33)25-43(34(23-27-13-4-1-5-14-27)36(46)42-30-17-6-2-7-18-30)35(45)26-44(49(47,48)32-20-8-3-9-21-32)31-19-12-16-29(24-31)37(39,40)41/h1,3-5,8-16,19-22,24,30,34H,2,6-7,17-18,23,25-26H2,(H,42,46)/t34-/m1/s1. The molecule has 4 aromatic carbocycles. The van der Waals surface area contributed by atoms with Crippen LogP contribution in [0.3, 0.4) is 0 Å². The van der Waals surface area contributed by atoms with Crippen molar-refractivity contribution in [2.45, 2.75) is 68.2 Å². The number of hydrogen-bond acceptors (Lipinski definition) is 4. The summed E-state index contributed by atoms with van der Waals surface area (Å²) in [6, 6.07) is 24.0. The highest BCUT2D eigenvalue weighted by molar-refractivity contribution is 7.92. The zero-order valence-corrected chi connectivity index (χ0v) is 27.5. The van der Waals surface area contributed by atoms with Gasteiger partial charge in [0.05, 0.1) is 16.1 Å². The van der Waals surface area contributed by atoms with Gasteiger partial charge in [0.2, 0.25) is 11.8 Å². The molecule has 0 unspecified atom stereocenters. The third-order valence-corrected chi connectivity index (χ3v) is 10.4. The van der Waals surface area contributed by atoms with Crippen LogP contribution in [-0.2, 0) is 38.8 Å². The molecule has 2 amide bonds. The van der Waals surface area contributed by atoms with E-state index < -0.39 is 64.2 Å². The highest BCUT2D eigenvalue weighted by atomic mass is 32.2. The average Bonchev–Trinajstić information content (AvgIpc) is 3.10. The molecule has 49 heavy (non-hydrogen) atoms. The molecule has 1 fully saturated rings. The summed E-state index contributed by atoms with van der Waals surface area (Å²) < 4.78 is 85.2. The van der Waals surface area contributed by atoms with E-state index >= 15 is 4.39 Å². The average molecular weight is 696 g/mol. The van der Waals surface area contributed by atoms with E-state index in [2.05, 4.69) is 5.32 Å². The van der Waals surface area contributed by atoms with Crippen LogP contribution in [0.15, 0.2) is 114 Å². The minimum absolute atomic E-state index is 0.0224. The second-order valence-corrected chi connectivity index (χ2v) is 13.9. The van der Waals surface area contributed by atoms with Gasteiger partial charge in [-0.1, -0.05) is 92.1 Å². The second-order valence-electron chi connectivity index (χ2n) is 12.0. The van der Waals surface area contributed by atoms with Crippen LogP contribution >= 0.6 is 0 Å². The fourth-order valence-corrected chi connectivity index (χ4v) is 7.42. The highest BCUT2D eigenvalue weighted by Crippen LogP contribution is 2.33. The maximum atomic E-state index is 15.1. The Balaban J connectivity index is 1.59. The van der Waals surface area contributed by atoms with E-state index in [-0.39, 0.29) is 22.9 Å². The van der Waals surface area contributed by atoms with Crippen LogP contribution in [0.25, 0.3) is 0 Å². The first-order valence-electron chi connectivity index (χ1n) is 16.1. The van der Waals surface area contributed by atoms with Gasteiger partial charge in [0, 0.05) is 24.6 Å². The van der Waals surface area contributed by atoms with Crippen LogP contribution in [-0.4, -0.2) is 43.8 Å². The molecule has 0 spiro atoms. The molecule has 0 radical (unpaired) electrons. The predicted molar refractivity (Wildman–Crippen MR) is 178 cm³/mol. The minimum atomic E-state index is -4.79. The van der Waals surface area contributed by atoms with Gasteiger partial charge in [-0.05, 0) is 54.8 Å². The monoisotopic (exact) mass is 695 g/mol. The van der Waals surface area contributed by atoms with E-state index in [1.54, 1.807) is 42.5 Å². The molecule has 1 atom stereocenters. The number of carbonyl (C=O) groups is 2. The molecule has 0 aromatic heterocycles. The van der Waals surface area contributed by atoms with Crippen molar-refractivity contribution in [1.82, 2.24) is 10.2 Å². The van der Waals surface area contributed by atoms with Gasteiger partial charge < -0.3 is 10.2 Å². The van der Waals surface area contributed by atoms with Crippen molar-refractivity contribution in [2.24, 2.45) is 0 Å². The quantitative estimate of drug-likeness (QED) is 0.160. The summed E-state index contributed by atoms with van der Waals surface area (Å²) in [6.07, 6.45) is -0.372. The summed E-state index contributed by atoms with van der Waals surface area (Å²) in [4.78, 5) is 29.5. The van der Waals surface area contributed by atoms with Crippen molar-refractivity contribution in [3.63, 3.8) is 0 Å². The molecule has 1 saturated carbocycles. The van der Waals surface area contributed by atoms with Crippen LogP contribution in [0.4, 0.5) is 23.2 Å². The maximum absolute atomic E-state index is 15.1. The normalized spacial score (nSPS) is 14.5. The van der Waals surface area contributed by atoms with Crippen molar-refractivity contribution in [3.05, 3.63) is 132 Å². The zero-order chi connectivity index (χ0) is 35.0. The predicted octanol–water partition coefficient (Wildman–Crippen LogP) is 7.13. The molecule has 7 nitrogen and oxygen atoms in total. The molecule has 5 rings (SSSR count). The number of nitrogens with zero attached hydrogens (tertiary/aromatic N) is 2. The van der Waals surface area contributed by atoms with E-state index in [0.717, 1.165) is 49.1 Å². The van der Waals surface area contributed by atoms with E-state index in [1.165, 1.54) is 48.5 Å². The third-order valence-electron chi connectivity index (χ3n) is 8.59. The fourth-order valence-electron chi connectivity index (χ4n) is 5.99. The first kappa shape index (κ1) is 35.6. The van der Waals surface area contributed by atoms with Gasteiger partial charge in [-0.3, -0.25) is 13.9 Å². The number of sulfonamides is 1. The summed E-state index contributed by atoms with van der Waals surface area (Å²) in [6.45, 7) is -1.36. The van der Waals surface area contributed by atoms with Crippen molar-refractivity contribution >= 4 is 27.5 Å². The molecule has 12 heteroatoms. The van der Waals surface area contributed by atoms with Gasteiger partial charge >= 0.3 is 6.18 Å². The number of alkyl halides is 3. The Morgan fingerprint density at radius 2 is 1.45 bits per heavy atom. The van der Waals surface area contributed by atoms with Crippen LogP contribution in [0.2, 0.25) is 0 Å². The number of hydrogen-bond donors (Lipinski definition) is 1. The fraction of sp³-hybridized carbons (Fsp3) is 0.297. The van der Waals surface area contributed by atoms with Gasteiger partial charge in [0.25, 0.3) is 10.0 Å². The molecule has 0 aliphatic heterocycles. The van der Waals surface area contributed by atoms with E-state index in [0.29, 0.717) is 15.9 Å². The Morgan fingerprint density at radius 3 is 2.10 bits per heavy atom. The van der Waals surface area contributed by atoms with E-state index in [4.69, 9.17) is 0 Å². The molecule has 1 N–H and O–H groups in total. The molecular weight excluding hydrogens is 658 g/mol. The van der Waals surface area contributed by atoms with Crippen molar-refractivity contribution in [2.75, 3.05) is 10.8 Å². The summed E-state index contributed by atoms with van der Waals surface area (Å²) in [5.41, 5.74) is -0.730. The Morgan fingerprint density at radius 1 is 0.816 bits per heavy atom. The molecule has 4 aromatic rings. The van der Waals surface area contributed by atoms with E-state index in [1.807, 2.05) is 0 Å². The summed E-state index contributed by atoms with van der Waals surface area (Å²) in [7, 11) is -4.61. The summed E-state index contributed by atoms with van der Waals surface area (Å²) in [5.74, 6) is -2.03. The number of anilines is 1. The molecule has 0 saturated heterocycles. The Hall–Kier alpha value is -4.71. The minimum Gasteiger partial charge on any atom is -0.352 e. The SMILES string of the molecule is O=C(NC1CCCCC1)[C@@H](Cc1ccccc1)N(Cc1ccccc1F)C(=O)CN(c1cccc(C(F)(F)F)c1)S(=O)(=O)c1ccccc1. The van der Waals surface area contributed by atoms with Gasteiger partial charge in [-0.25, -0.2) is 12.8 Å². The number of rotatable bonds is 12.